The molecule has 152 valence electrons. The average molecular weight is 410 g/mol. The zero-order valence-electron chi connectivity index (χ0n) is 15.8. The fraction of sp³-hybridized carbons (Fsp3) is 0.438. The van der Waals surface area contributed by atoms with Crippen LogP contribution in [0, 0.1) is 0 Å². The lowest BCUT2D eigenvalue weighted by Gasteiger charge is -2.09. The van der Waals surface area contributed by atoms with Crippen LogP contribution in [0.3, 0.4) is 0 Å². The monoisotopic (exact) mass is 410 g/mol. The molecule has 0 unspecified atom stereocenters. The van der Waals surface area contributed by atoms with Crippen molar-refractivity contribution in [2.24, 2.45) is 10.2 Å². The van der Waals surface area contributed by atoms with E-state index < -0.39 is 21.3 Å². The normalized spacial score (nSPS) is 11.7. The summed E-state index contributed by atoms with van der Waals surface area (Å²) in [7, 11) is -3.58. The third-order valence-electron chi connectivity index (χ3n) is 3.48. The highest BCUT2D eigenvalue weighted by atomic mass is 32.2. The average Bonchev–Trinajstić information content (AvgIpc) is 2.61. The third kappa shape index (κ3) is 5.49. The number of unbranched alkanes of at least 4 members (excludes halogenated alkanes) is 1. The van der Waals surface area contributed by atoms with E-state index in [1.807, 2.05) is 6.92 Å². The molecule has 0 aliphatic heterocycles. The molecule has 11 nitrogen and oxygen atoms in total. The molecule has 0 aliphatic carbocycles. The van der Waals surface area contributed by atoms with Crippen LogP contribution in [-0.2, 0) is 16.6 Å². The number of sulfonamides is 1. The van der Waals surface area contributed by atoms with Gasteiger partial charge in [-0.3, -0.25) is 19.1 Å². The predicted octanol–water partition coefficient (Wildman–Crippen LogP) is 1.92. The van der Waals surface area contributed by atoms with Crippen molar-refractivity contribution in [2.45, 2.75) is 33.2 Å². The molecule has 0 fully saturated rings. The summed E-state index contributed by atoms with van der Waals surface area (Å²) in [6.45, 7) is 4.06. The highest BCUT2D eigenvalue weighted by Gasteiger charge is 2.16. The quantitative estimate of drug-likeness (QED) is 0.603. The van der Waals surface area contributed by atoms with Gasteiger partial charge in [0.1, 0.15) is 5.69 Å². The van der Waals surface area contributed by atoms with Gasteiger partial charge in [0.25, 0.3) is 5.56 Å². The van der Waals surface area contributed by atoms with Crippen LogP contribution in [0.4, 0.5) is 17.2 Å². The van der Waals surface area contributed by atoms with Crippen molar-refractivity contribution in [1.29, 1.82) is 0 Å². The second-order valence-electron chi connectivity index (χ2n) is 5.80. The topological polar surface area (TPSA) is 148 Å². The van der Waals surface area contributed by atoms with Crippen molar-refractivity contribution >= 4 is 27.2 Å². The minimum Gasteiger partial charge on any atom is -0.477 e. The van der Waals surface area contributed by atoms with Gasteiger partial charge in [-0.2, -0.15) is 0 Å². The molecule has 0 amide bonds. The van der Waals surface area contributed by atoms with Gasteiger partial charge in [0.2, 0.25) is 21.6 Å². The van der Waals surface area contributed by atoms with Crippen LogP contribution in [0.2, 0.25) is 0 Å². The van der Waals surface area contributed by atoms with Gasteiger partial charge >= 0.3 is 5.69 Å². The first-order valence-corrected chi connectivity index (χ1v) is 10.5. The summed E-state index contributed by atoms with van der Waals surface area (Å²) in [6.07, 6.45) is 3.80. The molecule has 0 spiro atoms. The minimum atomic E-state index is -3.58. The second kappa shape index (κ2) is 9.26. The van der Waals surface area contributed by atoms with Gasteiger partial charge in [0.15, 0.2) is 5.82 Å². The maximum atomic E-state index is 12.7. The molecule has 2 rings (SSSR count). The molecule has 0 radical (unpaired) electrons. The van der Waals surface area contributed by atoms with Gasteiger partial charge < -0.3 is 4.74 Å². The van der Waals surface area contributed by atoms with Gasteiger partial charge in [-0.1, -0.05) is 13.3 Å². The summed E-state index contributed by atoms with van der Waals surface area (Å²) >= 11 is 0. The third-order valence-corrected chi connectivity index (χ3v) is 4.04. The smallest absolute Gasteiger partial charge is 0.331 e. The molecular weight excluding hydrogens is 388 g/mol. The fourth-order valence-electron chi connectivity index (χ4n) is 2.23. The van der Waals surface area contributed by atoms with Crippen molar-refractivity contribution in [2.75, 3.05) is 17.6 Å². The number of anilines is 1. The summed E-state index contributed by atoms with van der Waals surface area (Å²) in [5.74, 6) is -0.141. The van der Waals surface area contributed by atoms with E-state index in [2.05, 4.69) is 24.9 Å². The van der Waals surface area contributed by atoms with Crippen molar-refractivity contribution in [3.63, 3.8) is 0 Å². The molecule has 0 aliphatic rings. The Morgan fingerprint density at radius 1 is 1.29 bits per heavy atom. The number of pyridine rings is 1. The number of hydrogen-bond acceptors (Lipinski definition) is 8. The van der Waals surface area contributed by atoms with E-state index in [-0.39, 0.29) is 36.2 Å². The number of hydrogen-bond donors (Lipinski definition) is 2. The molecule has 12 heteroatoms. The predicted molar refractivity (Wildman–Crippen MR) is 104 cm³/mol. The van der Waals surface area contributed by atoms with Crippen LogP contribution >= 0.6 is 0 Å². The zero-order chi connectivity index (χ0) is 20.7. The first-order chi connectivity index (χ1) is 13.3. The molecule has 0 bridgehead atoms. The summed E-state index contributed by atoms with van der Waals surface area (Å²) in [4.78, 5) is 31.3. The lowest BCUT2D eigenvalue weighted by molar-refractivity contribution is 0.323. The maximum Gasteiger partial charge on any atom is 0.331 e. The van der Waals surface area contributed by atoms with E-state index in [1.165, 1.54) is 18.3 Å². The maximum absolute atomic E-state index is 12.7. The Labute approximate surface area is 161 Å². The first-order valence-electron chi connectivity index (χ1n) is 8.61. The lowest BCUT2D eigenvalue weighted by Crippen LogP contribution is -2.35. The van der Waals surface area contributed by atoms with Gasteiger partial charge in [0, 0.05) is 12.7 Å². The van der Waals surface area contributed by atoms with Gasteiger partial charge in [-0.15, -0.1) is 10.2 Å². The van der Waals surface area contributed by atoms with Crippen molar-refractivity contribution in [3.8, 4) is 5.88 Å². The van der Waals surface area contributed by atoms with E-state index in [9.17, 15) is 18.0 Å². The minimum absolute atomic E-state index is 0.0394. The zero-order valence-corrected chi connectivity index (χ0v) is 16.6. The summed E-state index contributed by atoms with van der Waals surface area (Å²) < 4.78 is 31.5. The summed E-state index contributed by atoms with van der Waals surface area (Å²) in [5, 5.41) is 7.85. The molecule has 0 saturated heterocycles. The number of nitrogens with zero attached hydrogens (tertiary/aromatic N) is 4. The van der Waals surface area contributed by atoms with Crippen LogP contribution < -0.4 is 20.7 Å². The molecule has 0 saturated carbocycles. The summed E-state index contributed by atoms with van der Waals surface area (Å²) in [6, 6.07) is 3.02. The van der Waals surface area contributed by atoms with E-state index >= 15 is 0 Å². The van der Waals surface area contributed by atoms with E-state index in [0.29, 0.717) is 6.42 Å². The number of rotatable bonds is 9. The second-order valence-corrected chi connectivity index (χ2v) is 7.55. The van der Waals surface area contributed by atoms with Crippen LogP contribution in [0.5, 0.6) is 5.88 Å². The number of ether oxygens (including phenoxy) is 1. The highest BCUT2D eigenvalue weighted by Crippen LogP contribution is 2.26. The number of aromatic nitrogens is 3. The number of H-pyrrole nitrogens is 1. The van der Waals surface area contributed by atoms with Gasteiger partial charge in [-0.25, -0.2) is 18.2 Å². The molecule has 2 heterocycles. The Kier molecular flexibility index (Phi) is 7.04. The number of nitrogens with one attached hydrogen (secondary N) is 2. The molecule has 0 aromatic carbocycles. The van der Waals surface area contributed by atoms with Gasteiger partial charge in [-0.05, 0) is 25.5 Å². The molecule has 0 atom stereocenters. The SMILES string of the molecule is CCCCn1c(=O)[nH]c(OCC)c(N=Nc2cccnc2NS(C)(=O)=O)c1=O. The van der Waals surface area contributed by atoms with Gasteiger partial charge in [0.05, 0.1) is 12.9 Å². The molecule has 2 N–H and O–H groups in total. The van der Waals surface area contributed by atoms with Crippen molar-refractivity contribution in [3.05, 3.63) is 39.2 Å². The van der Waals surface area contributed by atoms with E-state index in [0.717, 1.165) is 17.2 Å². The fourth-order valence-corrected chi connectivity index (χ4v) is 2.74. The van der Waals surface area contributed by atoms with Crippen molar-refractivity contribution < 1.29 is 13.2 Å². The Morgan fingerprint density at radius 2 is 2.04 bits per heavy atom. The standard InChI is InChI=1S/C16H22N6O5S/c1-4-6-10-22-15(23)12(14(27-5-2)18-16(22)24)20-19-11-8-7-9-17-13(11)21-28(3,25)26/h7-9H,4-6,10H2,1-3H3,(H,17,21)(H,18,24). The molecule has 2 aromatic heterocycles. The van der Waals surface area contributed by atoms with E-state index in [4.69, 9.17) is 4.74 Å². The Bertz CT molecular complexity index is 1070. The van der Waals surface area contributed by atoms with Crippen LogP contribution in [0.25, 0.3) is 0 Å². The molecule has 28 heavy (non-hydrogen) atoms. The number of azo groups is 1. The van der Waals surface area contributed by atoms with Crippen LogP contribution in [-0.4, -0.2) is 35.8 Å². The largest absolute Gasteiger partial charge is 0.477 e. The molecular formula is C16H22N6O5S. The van der Waals surface area contributed by atoms with E-state index in [1.54, 1.807) is 6.92 Å². The number of aromatic amines is 1. The van der Waals surface area contributed by atoms with Crippen LogP contribution in [0.15, 0.2) is 38.1 Å². The van der Waals surface area contributed by atoms with Crippen molar-refractivity contribution in [1.82, 2.24) is 14.5 Å². The highest BCUT2D eigenvalue weighted by molar-refractivity contribution is 7.92. The Morgan fingerprint density at radius 3 is 2.68 bits per heavy atom. The Hall–Kier alpha value is -3.02. The first kappa shape index (κ1) is 21.3. The summed E-state index contributed by atoms with van der Waals surface area (Å²) in [5.41, 5.74) is -1.33. The molecule has 2 aromatic rings. The lowest BCUT2D eigenvalue weighted by atomic mass is 10.3. The van der Waals surface area contributed by atoms with Crippen LogP contribution in [0.1, 0.15) is 26.7 Å². The Balaban J connectivity index is 2.53.